The van der Waals surface area contributed by atoms with Crippen LogP contribution in [0.3, 0.4) is 0 Å². The van der Waals surface area contributed by atoms with Gasteiger partial charge in [0.05, 0.1) is 18.3 Å². The molecule has 3 rings (SSSR count). The second kappa shape index (κ2) is 6.23. The van der Waals surface area contributed by atoms with Crippen molar-refractivity contribution < 1.29 is 26.7 Å². The van der Waals surface area contributed by atoms with Gasteiger partial charge in [-0.25, -0.2) is 17.2 Å². The number of hydrogen-bond donors (Lipinski definition) is 0. The zero-order valence-electron chi connectivity index (χ0n) is 14.0. The third-order valence-electron chi connectivity index (χ3n) is 5.20. The third kappa shape index (κ3) is 3.49. The smallest absolute Gasteiger partial charge is 0.248 e. The van der Waals surface area contributed by atoms with Crippen molar-refractivity contribution in [3.05, 3.63) is 29.8 Å². The maximum Gasteiger partial charge on any atom is 0.248 e. The molecular formula is C17H21F2NO4S. The molecule has 1 heterocycles. The number of ether oxygens (including phenoxy) is 1. The summed E-state index contributed by atoms with van der Waals surface area (Å²) in [6.07, 6.45) is -0.764. The van der Waals surface area contributed by atoms with Crippen LogP contribution >= 0.6 is 0 Å². The van der Waals surface area contributed by atoms with E-state index in [0.717, 1.165) is 0 Å². The number of carbonyl (C=O) groups excluding carboxylic acids is 1. The molecule has 2 fully saturated rings. The zero-order chi connectivity index (χ0) is 18.3. The Labute approximate surface area is 145 Å². The van der Waals surface area contributed by atoms with Gasteiger partial charge < -0.3 is 9.64 Å². The molecule has 1 saturated heterocycles. The molecule has 1 aromatic carbocycles. The summed E-state index contributed by atoms with van der Waals surface area (Å²) >= 11 is 0. The van der Waals surface area contributed by atoms with Gasteiger partial charge in [-0.3, -0.25) is 4.79 Å². The molecule has 1 aliphatic heterocycles. The van der Waals surface area contributed by atoms with Crippen LogP contribution in [-0.4, -0.2) is 50.4 Å². The van der Waals surface area contributed by atoms with Crippen LogP contribution in [0.1, 0.15) is 31.2 Å². The third-order valence-corrected chi connectivity index (χ3v) is 6.71. The summed E-state index contributed by atoms with van der Waals surface area (Å²) in [5, 5.41) is 0. The first kappa shape index (κ1) is 18.1. The molecule has 0 radical (unpaired) electrons. The van der Waals surface area contributed by atoms with E-state index in [1.807, 2.05) is 0 Å². The van der Waals surface area contributed by atoms with Gasteiger partial charge in [-0.1, -0.05) is 12.1 Å². The summed E-state index contributed by atoms with van der Waals surface area (Å²) < 4.78 is 56.0. The molecule has 0 N–H and O–H groups in total. The Kier molecular flexibility index (Phi) is 4.51. The minimum absolute atomic E-state index is 0.00170. The minimum Gasteiger partial charge on any atom is -0.497 e. The molecular weight excluding hydrogens is 352 g/mol. The maximum atomic E-state index is 13.7. The Balaban J connectivity index is 1.96. The molecule has 25 heavy (non-hydrogen) atoms. The molecule has 2 aliphatic rings. The molecule has 1 aliphatic carbocycles. The number of methoxy groups -OCH3 is 1. The van der Waals surface area contributed by atoms with Crippen LogP contribution in [0.2, 0.25) is 0 Å². The van der Waals surface area contributed by atoms with Gasteiger partial charge in [-0.2, -0.15) is 0 Å². The number of benzene rings is 1. The quantitative estimate of drug-likeness (QED) is 0.816. The highest BCUT2D eigenvalue weighted by Gasteiger charge is 2.51. The molecule has 0 atom stereocenters. The molecule has 0 unspecified atom stereocenters. The van der Waals surface area contributed by atoms with Crippen molar-refractivity contribution in [3.8, 4) is 5.75 Å². The molecule has 8 heteroatoms. The van der Waals surface area contributed by atoms with E-state index in [2.05, 4.69) is 0 Å². The van der Waals surface area contributed by atoms with Crippen molar-refractivity contribution in [1.29, 1.82) is 0 Å². The second-order valence-corrected chi connectivity index (χ2v) is 8.97. The molecule has 0 spiro atoms. The van der Waals surface area contributed by atoms with Crippen molar-refractivity contribution in [3.63, 3.8) is 0 Å². The van der Waals surface area contributed by atoms with Crippen molar-refractivity contribution >= 4 is 15.7 Å². The maximum absolute atomic E-state index is 13.7. The summed E-state index contributed by atoms with van der Waals surface area (Å²) in [6, 6.07) is 6.81. The van der Waals surface area contributed by atoms with Gasteiger partial charge in [0.2, 0.25) is 11.8 Å². The molecule has 1 amide bonds. The number of amides is 1. The Bertz CT molecular complexity index is 751. The van der Waals surface area contributed by atoms with Crippen molar-refractivity contribution in [2.24, 2.45) is 0 Å². The van der Waals surface area contributed by atoms with E-state index in [9.17, 15) is 22.0 Å². The lowest BCUT2D eigenvalue weighted by molar-refractivity contribution is -0.141. The Hall–Kier alpha value is -1.70. The van der Waals surface area contributed by atoms with E-state index in [1.54, 1.807) is 24.3 Å². The van der Waals surface area contributed by atoms with Crippen molar-refractivity contribution in [2.75, 3.05) is 25.3 Å². The molecule has 138 valence electrons. The highest BCUT2D eigenvalue weighted by atomic mass is 32.2. The van der Waals surface area contributed by atoms with Crippen LogP contribution in [0.4, 0.5) is 8.78 Å². The first-order valence-corrected chi connectivity index (χ1v) is 10.0. The average molecular weight is 373 g/mol. The van der Waals surface area contributed by atoms with Crippen LogP contribution < -0.4 is 4.74 Å². The van der Waals surface area contributed by atoms with E-state index < -0.39 is 21.2 Å². The standard InChI is InChI=1S/C17H21F2NO4S/c1-24-14-4-2-13(3-5-14)16(6-8-17(18,19)9-7-16)15(21)20-10-11-25(22,23)12-20/h2-5H,6-12H2,1H3. The van der Waals surface area contributed by atoms with Crippen molar-refractivity contribution in [2.45, 2.75) is 37.0 Å². The number of carbonyl (C=O) groups is 1. The predicted octanol–water partition coefficient (Wildman–Crippen LogP) is 2.36. The van der Waals surface area contributed by atoms with E-state index >= 15 is 0 Å². The van der Waals surface area contributed by atoms with Crippen molar-refractivity contribution in [1.82, 2.24) is 4.90 Å². The zero-order valence-corrected chi connectivity index (χ0v) is 14.8. The minimum atomic E-state index is -3.28. The van der Waals surface area contributed by atoms with Gasteiger partial charge in [0.25, 0.3) is 0 Å². The van der Waals surface area contributed by atoms with E-state index in [0.29, 0.717) is 11.3 Å². The van der Waals surface area contributed by atoms with Gasteiger partial charge in [0.15, 0.2) is 9.84 Å². The van der Waals surface area contributed by atoms with E-state index in [-0.39, 0.29) is 49.8 Å². The lowest BCUT2D eigenvalue weighted by Crippen LogP contribution is -2.49. The fourth-order valence-electron chi connectivity index (χ4n) is 3.66. The SMILES string of the molecule is COc1ccc(C2(C(=O)N3CCS(=O)(=O)C3)CCC(F)(F)CC2)cc1. The Morgan fingerprint density at radius 1 is 1.12 bits per heavy atom. The molecule has 0 aromatic heterocycles. The van der Waals surface area contributed by atoms with E-state index in [4.69, 9.17) is 4.74 Å². The fraction of sp³-hybridized carbons (Fsp3) is 0.588. The monoisotopic (exact) mass is 373 g/mol. The summed E-state index contributed by atoms with van der Waals surface area (Å²) in [6.45, 7) is 0.121. The topological polar surface area (TPSA) is 63.7 Å². The summed E-state index contributed by atoms with van der Waals surface area (Å²) in [7, 11) is -1.76. The van der Waals surface area contributed by atoms with Gasteiger partial charge in [0.1, 0.15) is 11.6 Å². The number of hydrogen-bond acceptors (Lipinski definition) is 4. The Morgan fingerprint density at radius 2 is 1.72 bits per heavy atom. The van der Waals surface area contributed by atoms with Crippen LogP contribution in [0.25, 0.3) is 0 Å². The second-order valence-electron chi connectivity index (χ2n) is 6.81. The highest BCUT2D eigenvalue weighted by molar-refractivity contribution is 7.91. The predicted molar refractivity (Wildman–Crippen MR) is 88.5 cm³/mol. The number of sulfone groups is 1. The number of nitrogens with zero attached hydrogens (tertiary/aromatic N) is 1. The van der Waals surface area contributed by atoms with Crippen LogP contribution in [-0.2, 0) is 20.0 Å². The average Bonchev–Trinajstić information content (AvgIpc) is 2.95. The molecule has 5 nitrogen and oxygen atoms in total. The normalized spacial score (nSPS) is 24.0. The van der Waals surface area contributed by atoms with Gasteiger partial charge >= 0.3 is 0 Å². The van der Waals surface area contributed by atoms with E-state index in [1.165, 1.54) is 12.0 Å². The largest absolute Gasteiger partial charge is 0.497 e. The first-order valence-electron chi connectivity index (χ1n) is 8.20. The fourth-order valence-corrected chi connectivity index (χ4v) is 5.01. The van der Waals surface area contributed by atoms with Gasteiger partial charge in [-0.15, -0.1) is 0 Å². The van der Waals surface area contributed by atoms with Crippen LogP contribution in [0.5, 0.6) is 5.75 Å². The number of halogens is 2. The summed E-state index contributed by atoms with van der Waals surface area (Å²) in [5.41, 5.74) is -0.466. The van der Waals surface area contributed by atoms with Crippen LogP contribution in [0.15, 0.2) is 24.3 Å². The molecule has 1 saturated carbocycles. The Morgan fingerprint density at radius 3 is 2.20 bits per heavy atom. The van der Waals surface area contributed by atoms with Gasteiger partial charge in [-0.05, 0) is 30.5 Å². The van der Waals surface area contributed by atoms with Gasteiger partial charge in [0, 0.05) is 19.4 Å². The molecule has 0 bridgehead atoms. The lowest BCUT2D eigenvalue weighted by Gasteiger charge is -2.41. The lowest BCUT2D eigenvalue weighted by atomic mass is 9.67. The molecule has 1 aromatic rings. The first-order chi connectivity index (χ1) is 11.7. The summed E-state index contributed by atoms with van der Waals surface area (Å²) in [5.74, 6) is -2.95. The number of rotatable bonds is 3. The number of alkyl halides is 2. The highest BCUT2D eigenvalue weighted by Crippen LogP contribution is 2.47. The summed E-state index contributed by atoms with van der Waals surface area (Å²) in [4.78, 5) is 14.5. The van der Waals surface area contributed by atoms with Crippen LogP contribution in [0, 0.1) is 0 Å².